The predicted molar refractivity (Wildman–Crippen MR) is 91.1 cm³/mol. The van der Waals surface area contributed by atoms with E-state index >= 15 is 0 Å². The number of carbonyl (C=O) groups is 2. The Morgan fingerprint density at radius 3 is 2.50 bits per heavy atom. The fourth-order valence-electron chi connectivity index (χ4n) is 2.25. The third-order valence-electron chi connectivity index (χ3n) is 3.48. The Balaban J connectivity index is 1.82. The van der Waals surface area contributed by atoms with Gasteiger partial charge in [0.15, 0.2) is 0 Å². The molecule has 0 radical (unpaired) electrons. The van der Waals surface area contributed by atoms with Crippen LogP contribution in [0.15, 0.2) is 48.5 Å². The SMILES string of the molecule is CC(NC(=O)CNC(=O)Cc1ccccc1)c1cccc(Cl)c1F. The van der Waals surface area contributed by atoms with E-state index in [0.717, 1.165) is 5.56 Å². The van der Waals surface area contributed by atoms with Gasteiger partial charge >= 0.3 is 0 Å². The van der Waals surface area contributed by atoms with E-state index < -0.39 is 17.8 Å². The maximum absolute atomic E-state index is 13.9. The Labute approximate surface area is 145 Å². The summed E-state index contributed by atoms with van der Waals surface area (Å²) in [5.74, 6) is -1.21. The Kier molecular flexibility index (Phi) is 6.32. The van der Waals surface area contributed by atoms with Gasteiger partial charge in [0.1, 0.15) is 5.82 Å². The minimum Gasteiger partial charge on any atom is -0.348 e. The summed E-state index contributed by atoms with van der Waals surface area (Å²) in [6, 6.07) is 13.3. The summed E-state index contributed by atoms with van der Waals surface area (Å²) in [6.07, 6.45) is 0.201. The van der Waals surface area contributed by atoms with Crippen molar-refractivity contribution in [1.82, 2.24) is 10.6 Å². The number of benzene rings is 2. The van der Waals surface area contributed by atoms with Crippen LogP contribution in [0.4, 0.5) is 4.39 Å². The number of carbonyl (C=O) groups excluding carboxylic acids is 2. The molecule has 0 aliphatic heterocycles. The lowest BCUT2D eigenvalue weighted by molar-refractivity contribution is -0.126. The molecule has 24 heavy (non-hydrogen) atoms. The maximum atomic E-state index is 13.9. The molecular weight excluding hydrogens is 331 g/mol. The minimum atomic E-state index is -0.555. The molecule has 0 fully saturated rings. The fraction of sp³-hybridized carbons (Fsp3) is 0.222. The first-order valence-corrected chi connectivity index (χ1v) is 7.89. The van der Waals surface area contributed by atoms with Crippen LogP contribution in [0.1, 0.15) is 24.1 Å². The van der Waals surface area contributed by atoms with Crippen LogP contribution in [-0.4, -0.2) is 18.4 Å². The van der Waals surface area contributed by atoms with Crippen molar-refractivity contribution in [3.05, 3.63) is 70.5 Å². The molecule has 0 saturated heterocycles. The molecule has 0 aromatic heterocycles. The van der Waals surface area contributed by atoms with Crippen LogP contribution >= 0.6 is 11.6 Å². The molecule has 2 amide bonds. The summed E-state index contributed by atoms with van der Waals surface area (Å²) in [5, 5.41) is 5.18. The van der Waals surface area contributed by atoms with Gasteiger partial charge in [0.2, 0.25) is 11.8 Å². The van der Waals surface area contributed by atoms with Crippen LogP contribution in [0.25, 0.3) is 0 Å². The van der Waals surface area contributed by atoms with Gasteiger partial charge in [-0.05, 0) is 18.6 Å². The molecule has 2 rings (SSSR count). The molecule has 1 unspecified atom stereocenters. The highest BCUT2D eigenvalue weighted by Gasteiger charge is 2.15. The zero-order valence-electron chi connectivity index (χ0n) is 13.2. The molecule has 0 aliphatic carbocycles. The molecule has 0 spiro atoms. The van der Waals surface area contributed by atoms with Gasteiger partial charge in [0.25, 0.3) is 0 Å². The minimum absolute atomic E-state index is 0.00441. The molecular formula is C18H18ClFN2O2. The number of halogens is 2. The number of rotatable bonds is 6. The largest absolute Gasteiger partial charge is 0.348 e. The van der Waals surface area contributed by atoms with Gasteiger partial charge in [-0.25, -0.2) is 4.39 Å². The van der Waals surface area contributed by atoms with Crippen LogP contribution in [0.5, 0.6) is 0 Å². The Hall–Kier alpha value is -2.40. The van der Waals surface area contributed by atoms with Crippen molar-refractivity contribution < 1.29 is 14.0 Å². The van der Waals surface area contributed by atoms with Gasteiger partial charge in [-0.3, -0.25) is 9.59 Å². The van der Waals surface area contributed by atoms with Crippen LogP contribution in [-0.2, 0) is 16.0 Å². The number of amides is 2. The van der Waals surface area contributed by atoms with Gasteiger partial charge in [0.05, 0.1) is 24.0 Å². The van der Waals surface area contributed by atoms with E-state index in [2.05, 4.69) is 10.6 Å². The molecule has 2 aromatic rings. The van der Waals surface area contributed by atoms with Gasteiger partial charge < -0.3 is 10.6 Å². The molecule has 126 valence electrons. The molecule has 1 atom stereocenters. The molecule has 2 N–H and O–H groups in total. The van der Waals surface area contributed by atoms with Crippen molar-refractivity contribution in [3.63, 3.8) is 0 Å². The van der Waals surface area contributed by atoms with Gasteiger partial charge in [-0.2, -0.15) is 0 Å². The van der Waals surface area contributed by atoms with Crippen LogP contribution in [0.2, 0.25) is 5.02 Å². The van der Waals surface area contributed by atoms with Gasteiger partial charge in [0, 0.05) is 5.56 Å². The van der Waals surface area contributed by atoms with Crippen molar-refractivity contribution in [2.45, 2.75) is 19.4 Å². The molecule has 0 heterocycles. The Morgan fingerprint density at radius 2 is 1.79 bits per heavy atom. The highest BCUT2D eigenvalue weighted by molar-refractivity contribution is 6.30. The standard InChI is InChI=1S/C18H18ClFN2O2/c1-12(14-8-5-9-15(19)18(14)20)22-17(24)11-21-16(23)10-13-6-3-2-4-7-13/h2-9,12H,10-11H2,1H3,(H,21,23)(H,22,24). The summed E-state index contributed by atoms with van der Waals surface area (Å²) < 4.78 is 13.9. The summed E-state index contributed by atoms with van der Waals surface area (Å²) in [7, 11) is 0. The topological polar surface area (TPSA) is 58.2 Å². The van der Waals surface area contributed by atoms with E-state index in [1.807, 2.05) is 30.3 Å². The van der Waals surface area contributed by atoms with Crippen molar-refractivity contribution in [2.24, 2.45) is 0 Å². The van der Waals surface area contributed by atoms with Crippen molar-refractivity contribution in [1.29, 1.82) is 0 Å². The number of hydrogen-bond acceptors (Lipinski definition) is 2. The highest BCUT2D eigenvalue weighted by atomic mass is 35.5. The van der Waals surface area contributed by atoms with Crippen LogP contribution in [0, 0.1) is 5.82 Å². The zero-order chi connectivity index (χ0) is 17.5. The second kappa shape index (κ2) is 8.45. The molecule has 0 aliphatic rings. The second-order valence-electron chi connectivity index (χ2n) is 5.37. The first kappa shape index (κ1) is 17.9. The lowest BCUT2D eigenvalue weighted by Gasteiger charge is -2.16. The summed E-state index contributed by atoms with van der Waals surface area (Å²) in [5.41, 5.74) is 1.16. The highest BCUT2D eigenvalue weighted by Crippen LogP contribution is 2.22. The summed E-state index contributed by atoms with van der Waals surface area (Å²) in [6.45, 7) is 1.48. The first-order chi connectivity index (χ1) is 11.5. The van der Waals surface area contributed by atoms with Crippen molar-refractivity contribution >= 4 is 23.4 Å². The van der Waals surface area contributed by atoms with Gasteiger partial charge in [-0.1, -0.05) is 54.1 Å². The van der Waals surface area contributed by atoms with E-state index in [0.29, 0.717) is 5.56 Å². The second-order valence-corrected chi connectivity index (χ2v) is 5.78. The molecule has 0 saturated carbocycles. The average Bonchev–Trinajstić information content (AvgIpc) is 2.56. The number of nitrogens with one attached hydrogen (secondary N) is 2. The maximum Gasteiger partial charge on any atom is 0.239 e. The average molecular weight is 349 g/mol. The predicted octanol–water partition coefficient (Wildman–Crippen LogP) is 3.02. The smallest absolute Gasteiger partial charge is 0.239 e. The third kappa shape index (κ3) is 5.06. The Bertz CT molecular complexity index is 722. The summed E-state index contributed by atoms with van der Waals surface area (Å²) in [4.78, 5) is 23.7. The first-order valence-electron chi connectivity index (χ1n) is 7.51. The van der Waals surface area contributed by atoms with E-state index in [9.17, 15) is 14.0 Å². The van der Waals surface area contributed by atoms with Crippen LogP contribution in [0.3, 0.4) is 0 Å². The summed E-state index contributed by atoms with van der Waals surface area (Å²) >= 11 is 5.73. The van der Waals surface area contributed by atoms with E-state index in [-0.39, 0.29) is 23.9 Å². The molecule has 2 aromatic carbocycles. The van der Waals surface area contributed by atoms with E-state index in [1.54, 1.807) is 19.1 Å². The fourth-order valence-corrected chi connectivity index (χ4v) is 2.43. The molecule has 4 nitrogen and oxygen atoms in total. The number of hydrogen-bond donors (Lipinski definition) is 2. The van der Waals surface area contributed by atoms with Crippen molar-refractivity contribution in [2.75, 3.05) is 6.54 Å². The normalized spacial score (nSPS) is 11.6. The molecule has 0 bridgehead atoms. The lowest BCUT2D eigenvalue weighted by atomic mass is 10.1. The van der Waals surface area contributed by atoms with E-state index in [4.69, 9.17) is 11.6 Å². The Morgan fingerprint density at radius 1 is 1.08 bits per heavy atom. The monoisotopic (exact) mass is 348 g/mol. The zero-order valence-corrected chi connectivity index (χ0v) is 13.9. The van der Waals surface area contributed by atoms with Gasteiger partial charge in [-0.15, -0.1) is 0 Å². The van der Waals surface area contributed by atoms with Crippen LogP contribution < -0.4 is 10.6 Å². The third-order valence-corrected chi connectivity index (χ3v) is 3.77. The van der Waals surface area contributed by atoms with E-state index in [1.165, 1.54) is 6.07 Å². The van der Waals surface area contributed by atoms with Crippen molar-refractivity contribution in [3.8, 4) is 0 Å². The lowest BCUT2D eigenvalue weighted by Crippen LogP contribution is -2.38. The quantitative estimate of drug-likeness (QED) is 0.843. The molecule has 6 heteroatoms.